The predicted molar refractivity (Wildman–Crippen MR) is 73.2 cm³/mol. The number of hydrogen-bond acceptors (Lipinski definition) is 3. The average molecular weight is 259 g/mol. The molecule has 100 valence electrons. The smallest absolute Gasteiger partial charge is 0.241 e. The summed E-state index contributed by atoms with van der Waals surface area (Å²) in [6.45, 7) is 1.46. The number of methoxy groups -OCH3 is 1. The van der Waals surface area contributed by atoms with E-state index in [4.69, 9.17) is 4.74 Å². The van der Waals surface area contributed by atoms with Gasteiger partial charge in [0.05, 0.1) is 12.6 Å². The van der Waals surface area contributed by atoms with Crippen LogP contribution in [0.3, 0.4) is 0 Å². The third kappa shape index (κ3) is 1.86. The van der Waals surface area contributed by atoms with Gasteiger partial charge >= 0.3 is 0 Å². The van der Waals surface area contributed by atoms with Crippen molar-refractivity contribution in [1.82, 2.24) is 15.2 Å². The predicted octanol–water partition coefficient (Wildman–Crippen LogP) is 0.947. The molecule has 0 saturated carbocycles. The largest absolute Gasteiger partial charge is 0.496 e. The number of rotatable bonds is 2. The molecule has 5 nitrogen and oxygen atoms in total. The molecule has 2 heterocycles. The molecule has 1 atom stereocenters. The van der Waals surface area contributed by atoms with Gasteiger partial charge in [-0.1, -0.05) is 6.07 Å². The summed E-state index contributed by atoms with van der Waals surface area (Å²) in [5, 5.41) is 7.15. The Morgan fingerprint density at radius 2 is 2.21 bits per heavy atom. The van der Waals surface area contributed by atoms with Gasteiger partial charge in [-0.05, 0) is 12.1 Å². The molecular formula is C14H17N3O2. The van der Waals surface area contributed by atoms with Gasteiger partial charge in [0, 0.05) is 37.3 Å². The molecule has 0 radical (unpaired) electrons. The van der Waals surface area contributed by atoms with E-state index in [0.717, 1.165) is 28.8 Å². The van der Waals surface area contributed by atoms with Crippen LogP contribution in [0.5, 0.6) is 5.75 Å². The van der Waals surface area contributed by atoms with Crippen LogP contribution in [0.25, 0.3) is 10.9 Å². The maximum absolute atomic E-state index is 12.0. The fourth-order valence-electron chi connectivity index (χ4n) is 2.68. The van der Waals surface area contributed by atoms with Crippen LogP contribution in [0.2, 0.25) is 0 Å². The lowest BCUT2D eigenvalue weighted by molar-refractivity contribution is -0.124. The van der Waals surface area contributed by atoms with Crippen molar-refractivity contribution in [2.75, 3.05) is 20.2 Å². The van der Waals surface area contributed by atoms with Gasteiger partial charge in [-0.3, -0.25) is 4.79 Å². The Bertz CT molecular complexity index is 633. The lowest BCUT2D eigenvalue weighted by Crippen LogP contribution is -2.47. The highest BCUT2D eigenvalue weighted by atomic mass is 16.5. The van der Waals surface area contributed by atoms with Crippen LogP contribution >= 0.6 is 0 Å². The SMILES string of the molecule is COc1cccc2c1c(C1NCCNC1=O)cn2C. The van der Waals surface area contributed by atoms with Crippen molar-refractivity contribution in [3.05, 3.63) is 30.0 Å². The molecule has 0 bridgehead atoms. The first-order chi connectivity index (χ1) is 9.22. The third-order valence-electron chi connectivity index (χ3n) is 3.57. The Balaban J connectivity index is 2.20. The number of fused-ring (bicyclic) bond motifs is 1. The molecule has 0 spiro atoms. The fourth-order valence-corrected chi connectivity index (χ4v) is 2.68. The number of aromatic nitrogens is 1. The lowest BCUT2D eigenvalue weighted by Gasteiger charge is -2.23. The molecule has 3 rings (SSSR count). The zero-order valence-corrected chi connectivity index (χ0v) is 11.1. The fraction of sp³-hybridized carbons (Fsp3) is 0.357. The number of amides is 1. The Morgan fingerprint density at radius 1 is 1.37 bits per heavy atom. The van der Waals surface area contributed by atoms with Crippen LogP contribution < -0.4 is 15.4 Å². The highest BCUT2D eigenvalue weighted by molar-refractivity contribution is 5.95. The Kier molecular flexibility index (Phi) is 2.91. The molecule has 5 heteroatoms. The van der Waals surface area contributed by atoms with Gasteiger partial charge in [0.25, 0.3) is 0 Å². The molecule has 1 unspecified atom stereocenters. The van der Waals surface area contributed by atoms with E-state index in [1.165, 1.54) is 0 Å². The second kappa shape index (κ2) is 4.59. The number of piperazine rings is 1. The van der Waals surface area contributed by atoms with Crippen molar-refractivity contribution < 1.29 is 9.53 Å². The zero-order valence-electron chi connectivity index (χ0n) is 11.1. The number of carbonyl (C=O) groups excluding carboxylic acids is 1. The van der Waals surface area contributed by atoms with Gasteiger partial charge in [0.1, 0.15) is 11.8 Å². The van der Waals surface area contributed by atoms with Crippen molar-refractivity contribution in [1.29, 1.82) is 0 Å². The summed E-state index contributed by atoms with van der Waals surface area (Å²) in [7, 11) is 3.63. The van der Waals surface area contributed by atoms with Crippen LogP contribution in [0.1, 0.15) is 11.6 Å². The van der Waals surface area contributed by atoms with Gasteiger partial charge in [-0.25, -0.2) is 0 Å². The van der Waals surface area contributed by atoms with Crippen molar-refractivity contribution >= 4 is 16.8 Å². The Labute approximate surface area is 111 Å². The quantitative estimate of drug-likeness (QED) is 0.844. The molecule has 1 aliphatic heterocycles. The molecular weight excluding hydrogens is 242 g/mol. The normalized spacial score (nSPS) is 19.5. The zero-order chi connectivity index (χ0) is 13.4. The molecule has 2 aromatic rings. The molecule has 1 fully saturated rings. The molecule has 1 amide bonds. The summed E-state index contributed by atoms with van der Waals surface area (Å²) < 4.78 is 7.46. The van der Waals surface area contributed by atoms with E-state index in [1.807, 2.05) is 36.0 Å². The summed E-state index contributed by atoms with van der Waals surface area (Å²) in [6.07, 6.45) is 2.00. The first-order valence-corrected chi connectivity index (χ1v) is 6.35. The monoisotopic (exact) mass is 259 g/mol. The van der Waals surface area contributed by atoms with Crippen LogP contribution in [0.15, 0.2) is 24.4 Å². The van der Waals surface area contributed by atoms with E-state index < -0.39 is 0 Å². The minimum atomic E-state index is -0.311. The number of benzene rings is 1. The lowest BCUT2D eigenvalue weighted by atomic mass is 10.0. The number of ether oxygens (including phenoxy) is 1. The molecule has 1 saturated heterocycles. The van der Waals surface area contributed by atoms with Crippen LogP contribution in [0, 0.1) is 0 Å². The molecule has 19 heavy (non-hydrogen) atoms. The van der Waals surface area contributed by atoms with E-state index in [2.05, 4.69) is 10.6 Å². The van der Waals surface area contributed by atoms with Gasteiger partial charge in [-0.15, -0.1) is 0 Å². The summed E-state index contributed by atoms with van der Waals surface area (Å²) in [4.78, 5) is 12.0. The second-order valence-corrected chi connectivity index (χ2v) is 4.73. The van der Waals surface area contributed by atoms with E-state index >= 15 is 0 Å². The average Bonchev–Trinajstić information content (AvgIpc) is 2.77. The first kappa shape index (κ1) is 12.0. The maximum atomic E-state index is 12.0. The van der Waals surface area contributed by atoms with Gasteiger partial charge in [0.2, 0.25) is 5.91 Å². The number of carbonyl (C=O) groups is 1. The van der Waals surface area contributed by atoms with E-state index in [-0.39, 0.29) is 11.9 Å². The van der Waals surface area contributed by atoms with Gasteiger partial charge < -0.3 is 19.9 Å². The van der Waals surface area contributed by atoms with Gasteiger partial charge in [-0.2, -0.15) is 0 Å². The number of nitrogens with zero attached hydrogens (tertiary/aromatic N) is 1. The van der Waals surface area contributed by atoms with E-state index in [0.29, 0.717) is 6.54 Å². The molecule has 1 aromatic carbocycles. The van der Waals surface area contributed by atoms with Gasteiger partial charge in [0.15, 0.2) is 0 Å². The Morgan fingerprint density at radius 3 is 2.95 bits per heavy atom. The minimum Gasteiger partial charge on any atom is -0.496 e. The number of hydrogen-bond donors (Lipinski definition) is 2. The van der Waals surface area contributed by atoms with Crippen LogP contribution in [0.4, 0.5) is 0 Å². The number of aryl methyl sites for hydroxylation is 1. The van der Waals surface area contributed by atoms with E-state index in [1.54, 1.807) is 7.11 Å². The summed E-state index contributed by atoms with van der Waals surface area (Å²) >= 11 is 0. The summed E-state index contributed by atoms with van der Waals surface area (Å²) in [5.41, 5.74) is 2.03. The number of nitrogens with one attached hydrogen (secondary N) is 2. The standard InChI is InChI=1S/C14H17N3O2/c1-17-8-9(13-14(18)16-7-6-15-13)12-10(17)4-3-5-11(12)19-2/h3-5,8,13,15H,6-7H2,1-2H3,(H,16,18). The molecule has 2 N–H and O–H groups in total. The molecule has 1 aliphatic rings. The summed E-state index contributed by atoms with van der Waals surface area (Å²) in [5.74, 6) is 0.818. The highest BCUT2D eigenvalue weighted by Gasteiger charge is 2.27. The highest BCUT2D eigenvalue weighted by Crippen LogP contribution is 2.33. The summed E-state index contributed by atoms with van der Waals surface area (Å²) in [6, 6.07) is 5.60. The molecule has 1 aromatic heterocycles. The molecule has 0 aliphatic carbocycles. The van der Waals surface area contributed by atoms with Crippen LogP contribution in [-0.4, -0.2) is 30.7 Å². The van der Waals surface area contributed by atoms with Crippen molar-refractivity contribution in [2.24, 2.45) is 7.05 Å². The topological polar surface area (TPSA) is 55.3 Å². The Hall–Kier alpha value is -2.01. The van der Waals surface area contributed by atoms with Crippen molar-refractivity contribution in [2.45, 2.75) is 6.04 Å². The maximum Gasteiger partial charge on any atom is 0.241 e. The van der Waals surface area contributed by atoms with E-state index in [9.17, 15) is 4.79 Å². The van der Waals surface area contributed by atoms with Crippen molar-refractivity contribution in [3.63, 3.8) is 0 Å². The second-order valence-electron chi connectivity index (χ2n) is 4.73. The van der Waals surface area contributed by atoms with Crippen molar-refractivity contribution in [3.8, 4) is 5.75 Å². The first-order valence-electron chi connectivity index (χ1n) is 6.35. The third-order valence-corrected chi connectivity index (χ3v) is 3.57. The van der Waals surface area contributed by atoms with Crippen LogP contribution in [-0.2, 0) is 11.8 Å². The minimum absolute atomic E-state index is 0.0182.